The quantitative estimate of drug-likeness (QED) is 0.410. The molecular weight excluding hydrogens is 392 g/mol. The fraction of sp³-hybridized carbons (Fsp3) is 0.0435. The highest BCUT2D eigenvalue weighted by molar-refractivity contribution is 7.18. The van der Waals surface area contributed by atoms with Crippen molar-refractivity contribution in [3.8, 4) is 32.5 Å². The standard InChI is InChI=1S/C23H16N6S/c1-28-18(11-12-24-28)22-15-6-2-3-7-16(15)23(27-26-22)20-10-9-19(30-20)17-14-29-13-5-4-8-21(29)25-17/h2-14H,1H3. The lowest BCUT2D eigenvalue weighted by atomic mass is 10.1. The van der Waals surface area contributed by atoms with E-state index >= 15 is 0 Å². The van der Waals surface area contributed by atoms with Crippen LogP contribution in [0.5, 0.6) is 0 Å². The molecule has 0 bridgehead atoms. The predicted octanol–water partition coefficient (Wildman–Crippen LogP) is 5.07. The van der Waals surface area contributed by atoms with E-state index in [0.717, 1.165) is 48.9 Å². The van der Waals surface area contributed by atoms with Crippen molar-refractivity contribution in [3.05, 3.63) is 79.3 Å². The molecule has 30 heavy (non-hydrogen) atoms. The van der Waals surface area contributed by atoms with Gasteiger partial charge in [0.2, 0.25) is 0 Å². The van der Waals surface area contributed by atoms with Crippen LogP contribution in [0, 0.1) is 0 Å². The number of thiophene rings is 1. The van der Waals surface area contributed by atoms with Crippen molar-refractivity contribution in [2.24, 2.45) is 7.05 Å². The van der Waals surface area contributed by atoms with Crippen LogP contribution in [0.15, 0.2) is 79.3 Å². The smallest absolute Gasteiger partial charge is 0.137 e. The summed E-state index contributed by atoms with van der Waals surface area (Å²) in [7, 11) is 1.92. The van der Waals surface area contributed by atoms with Crippen molar-refractivity contribution in [2.75, 3.05) is 0 Å². The maximum absolute atomic E-state index is 4.74. The minimum atomic E-state index is 0.839. The average Bonchev–Trinajstić information content (AvgIpc) is 3.52. The molecule has 0 N–H and O–H groups in total. The van der Waals surface area contributed by atoms with Crippen LogP contribution in [0.4, 0.5) is 0 Å². The fourth-order valence-electron chi connectivity index (χ4n) is 3.74. The third-order valence-corrected chi connectivity index (χ3v) is 6.32. The van der Waals surface area contributed by atoms with Crippen LogP contribution in [0.2, 0.25) is 0 Å². The van der Waals surface area contributed by atoms with Gasteiger partial charge in [-0.1, -0.05) is 30.3 Å². The molecule has 7 heteroatoms. The van der Waals surface area contributed by atoms with Crippen molar-refractivity contribution >= 4 is 27.8 Å². The average molecular weight is 408 g/mol. The predicted molar refractivity (Wildman–Crippen MR) is 119 cm³/mol. The summed E-state index contributed by atoms with van der Waals surface area (Å²) >= 11 is 1.68. The molecule has 0 fully saturated rings. The Morgan fingerprint density at radius 2 is 1.57 bits per heavy atom. The Hall–Kier alpha value is -3.84. The molecule has 5 aromatic heterocycles. The number of fused-ring (bicyclic) bond motifs is 2. The van der Waals surface area contributed by atoms with Crippen LogP contribution in [-0.4, -0.2) is 29.4 Å². The van der Waals surface area contributed by atoms with Gasteiger partial charge >= 0.3 is 0 Å². The SMILES string of the molecule is Cn1nccc1-c1nnc(-c2ccc(-c3cn4ccccc4n3)s2)c2ccccc12. The zero-order valence-electron chi connectivity index (χ0n) is 16.1. The van der Waals surface area contributed by atoms with E-state index in [1.54, 1.807) is 17.5 Å². The number of pyridine rings is 1. The molecule has 6 aromatic rings. The first-order valence-corrected chi connectivity index (χ1v) is 10.4. The molecule has 1 aromatic carbocycles. The highest BCUT2D eigenvalue weighted by Crippen LogP contribution is 2.37. The lowest BCUT2D eigenvalue weighted by Gasteiger charge is -2.08. The van der Waals surface area contributed by atoms with Crippen molar-refractivity contribution < 1.29 is 0 Å². The monoisotopic (exact) mass is 408 g/mol. The topological polar surface area (TPSA) is 60.9 Å². The van der Waals surface area contributed by atoms with Crippen LogP contribution in [-0.2, 0) is 7.05 Å². The molecule has 0 atom stereocenters. The van der Waals surface area contributed by atoms with Crippen molar-refractivity contribution in [3.63, 3.8) is 0 Å². The molecule has 0 unspecified atom stereocenters. The van der Waals surface area contributed by atoms with Gasteiger partial charge in [0.05, 0.1) is 21.1 Å². The summed E-state index contributed by atoms with van der Waals surface area (Å²) in [4.78, 5) is 6.92. The zero-order valence-corrected chi connectivity index (χ0v) is 16.9. The second-order valence-corrected chi connectivity index (χ2v) is 8.12. The van der Waals surface area contributed by atoms with Gasteiger partial charge in [0.15, 0.2) is 0 Å². The van der Waals surface area contributed by atoms with Crippen LogP contribution in [0.25, 0.3) is 48.9 Å². The highest BCUT2D eigenvalue weighted by atomic mass is 32.1. The molecule has 0 saturated heterocycles. The maximum atomic E-state index is 4.74. The lowest BCUT2D eigenvalue weighted by molar-refractivity contribution is 0.772. The van der Waals surface area contributed by atoms with Crippen molar-refractivity contribution in [1.82, 2.24) is 29.4 Å². The fourth-order valence-corrected chi connectivity index (χ4v) is 4.70. The minimum absolute atomic E-state index is 0.839. The summed E-state index contributed by atoms with van der Waals surface area (Å²) in [5.74, 6) is 0. The largest absolute Gasteiger partial charge is 0.306 e. The van der Waals surface area contributed by atoms with Crippen molar-refractivity contribution in [2.45, 2.75) is 0 Å². The number of aryl methyl sites for hydroxylation is 1. The summed E-state index contributed by atoms with van der Waals surface area (Å²) in [5, 5.41) is 15.6. The van der Waals surface area contributed by atoms with E-state index in [9.17, 15) is 0 Å². The second-order valence-electron chi connectivity index (χ2n) is 7.04. The Labute approximate surface area is 176 Å². The first-order chi connectivity index (χ1) is 14.8. The van der Waals surface area contributed by atoms with Gasteiger partial charge in [-0.3, -0.25) is 4.68 Å². The molecule has 144 valence electrons. The molecule has 0 radical (unpaired) electrons. The normalized spacial score (nSPS) is 11.5. The van der Waals surface area contributed by atoms with Gasteiger partial charge in [-0.15, -0.1) is 21.5 Å². The van der Waals surface area contributed by atoms with E-state index in [1.165, 1.54) is 0 Å². The molecule has 0 saturated carbocycles. The van der Waals surface area contributed by atoms with Crippen LogP contribution >= 0.6 is 11.3 Å². The van der Waals surface area contributed by atoms with Gasteiger partial charge < -0.3 is 4.40 Å². The molecule has 0 aliphatic heterocycles. The van der Waals surface area contributed by atoms with E-state index < -0.39 is 0 Å². The number of nitrogens with zero attached hydrogens (tertiary/aromatic N) is 6. The molecule has 0 aliphatic carbocycles. The summed E-state index contributed by atoms with van der Waals surface area (Å²) in [5.41, 5.74) is 4.57. The number of benzene rings is 1. The zero-order chi connectivity index (χ0) is 20.1. The maximum Gasteiger partial charge on any atom is 0.137 e. The van der Waals surface area contributed by atoms with Gasteiger partial charge in [0, 0.05) is 36.4 Å². The number of aromatic nitrogens is 6. The Morgan fingerprint density at radius 1 is 0.800 bits per heavy atom. The number of rotatable bonds is 3. The summed E-state index contributed by atoms with van der Waals surface area (Å²) < 4.78 is 3.86. The Morgan fingerprint density at radius 3 is 2.37 bits per heavy atom. The molecule has 0 aliphatic rings. The Balaban J connectivity index is 1.49. The van der Waals surface area contributed by atoms with Gasteiger partial charge in [0.1, 0.15) is 17.0 Å². The molecule has 6 nitrogen and oxygen atoms in total. The first kappa shape index (κ1) is 17.1. The first-order valence-electron chi connectivity index (χ1n) is 9.56. The van der Waals surface area contributed by atoms with E-state index in [2.05, 4.69) is 45.8 Å². The Bertz CT molecular complexity index is 1490. The molecule has 6 rings (SSSR count). The van der Waals surface area contributed by atoms with Crippen LogP contribution in [0.1, 0.15) is 0 Å². The lowest BCUT2D eigenvalue weighted by Crippen LogP contribution is -1.99. The van der Waals surface area contributed by atoms with Gasteiger partial charge in [-0.2, -0.15) is 5.10 Å². The minimum Gasteiger partial charge on any atom is -0.306 e. The van der Waals surface area contributed by atoms with E-state index in [-0.39, 0.29) is 0 Å². The third kappa shape index (κ3) is 2.63. The number of hydrogen-bond donors (Lipinski definition) is 0. The van der Waals surface area contributed by atoms with E-state index in [0.29, 0.717) is 0 Å². The number of hydrogen-bond acceptors (Lipinski definition) is 5. The van der Waals surface area contributed by atoms with Gasteiger partial charge in [0.25, 0.3) is 0 Å². The summed E-state index contributed by atoms with van der Waals surface area (Å²) in [6.45, 7) is 0. The number of imidazole rings is 1. The third-order valence-electron chi connectivity index (χ3n) is 5.21. The molecule has 0 amide bonds. The molecule has 5 heterocycles. The Kier molecular flexibility index (Phi) is 3.75. The van der Waals surface area contributed by atoms with Crippen molar-refractivity contribution in [1.29, 1.82) is 0 Å². The van der Waals surface area contributed by atoms with Crippen LogP contribution < -0.4 is 0 Å². The van der Waals surface area contributed by atoms with Gasteiger partial charge in [-0.25, -0.2) is 4.98 Å². The van der Waals surface area contributed by atoms with E-state index in [4.69, 9.17) is 4.98 Å². The molecular formula is C23H16N6S. The molecule has 0 spiro atoms. The summed E-state index contributed by atoms with van der Waals surface area (Å²) in [6.07, 6.45) is 5.84. The van der Waals surface area contributed by atoms with E-state index in [1.807, 2.05) is 58.7 Å². The van der Waals surface area contributed by atoms with Gasteiger partial charge in [-0.05, 0) is 30.3 Å². The second kappa shape index (κ2) is 6.60. The summed E-state index contributed by atoms with van der Waals surface area (Å²) in [6, 6.07) is 20.4. The highest BCUT2D eigenvalue weighted by Gasteiger charge is 2.16. The van der Waals surface area contributed by atoms with Crippen LogP contribution in [0.3, 0.4) is 0 Å².